The maximum Gasteiger partial charge on any atom is 0.421 e. The average molecular weight is 548 g/mol. The Balaban J connectivity index is 1.21. The highest BCUT2D eigenvalue weighted by Crippen LogP contribution is 2.31. The van der Waals surface area contributed by atoms with E-state index >= 15 is 0 Å². The number of halogens is 6. The zero-order chi connectivity index (χ0) is 27.5. The van der Waals surface area contributed by atoms with E-state index in [0.29, 0.717) is 39.1 Å². The molecule has 2 aliphatic heterocycles. The van der Waals surface area contributed by atoms with Gasteiger partial charge in [-0.3, -0.25) is 9.59 Å². The Morgan fingerprint density at radius 3 is 2.34 bits per heavy atom. The van der Waals surface area contributed by atoms with Crippen LogP contribution >= 0.6 is 0 Å². The maximum atomic E-state index is 13.1. The zero-order valence-corrected chi connectivity index (χ0v) is 20.2. The first-order valence-electron chi connectivity index (χ1n) is 12.0. The number of ether oxygens (including phenoxy) is 1. The van der Waals surface area contributed by atoms with Crippen molar-refractivity contribution in [1.82, 2.24) is 19.9 Å². The Morgan fingerprint density at radius 2 is 1.71 bits per heavy atom. The van der Waals surface area contributed by atoms with Gasteiger partial charge in [-0.1, -0.05) is 0 Å². The number of hydrogen-bond donors (Lipinski definition) is 1. The van der Waals surface area contributed by atoms with E-state index in [4.69, 9.17) is 4.74 Å². The van der Waals surface area contributed by atoms with E-state index in [-0.39, 0.29) is 43.2 Å². The molecule has 2 aromatic heterocycles. The van der Waals surface area contributed by atoms with Gasteiger partial charge in [0.15, 0.2) is 0 Å². The molecule has 4 heterocycles. The first-order chi connectivity index (χ1) is 17.9. The highest BCUT2D eigenvalue weighted by Gasteiger charge is 2.36. The number of anilines is 2. The number of carbonyl (C=O) groups is 1. The standard InChI is InChI=1S/C23H26F6N6O3/c24-22(25,26)15-11-31-21(32-12-15)34-7-5-33(6-8-34)19(36)3-9-38-14-16-2-1-4-35(16)17-10-18(23(27,28)29)20(37)30-13-17/h10-13,16H,1-9,14H2,(H,30,37)/t16-/m1/s1. The second-order valence-electron chi connectivity index (χ2n) is 9.05. The summed E-state index contributed by atoms with van der Waals surface area (Å²) >= 11 is 0. The minimum absolute atomic E-state index is 0.111. The smallest absolute Gasteiger partial charge is 0.379 e. The van der Waals surface area contributed by atoms with Gasteiger partial charge in [-0.25, -0.2) is 9.97 Å². The third kappa shape index (κ3) is 6.55. The zero-order valence-electron chi connectivity index (χ0n) is 20.2. The van der Waals surface area contributed by atoms with Gasteiger partial charge in [0.25, 0.3) is 5.56 Å². The summed E-state index contributed by atoms with van der Waals surface area (Å²) in [6.45, 7) is 2.31. The molecule has 0 radical (unpaired) electrons. The number of hydrogen-bond acceptors (Lipinski definition) is 7. The van der Waals surface area contributed by atoms with Crippen LogP contribution in [-0.2, 0) is 21.9 Å². The number of aromatic nitrogens is 3. The number of pyridine rings is 1. The summed E-state index contributed by atoms with van der Waals surface area (Å²) < 4.78 is 83.0. The number of rotatable bonds is 7. The van der Waals surface area contributed by atoms with Gasteiger partial charge in [-0.05, 0) is 18.9 Å². The van der Waals surface area contributed by atoms with Gasteiger partial charge >= 0.3 is 12.4 Å². The lowest BCUT2D eigenvalue weighted by Gasteiger charge is -2.34. The van der Waals surface area contributed by atoms with Crippen LogP contribution in [0.2, 0.25) is 0 Å². The minimum atomic E-state index is -4.76. The molecule has 0 saturated carbocycles. The SMILES string of the molecule is O=C(CCOC[C@H]1CCCN1c1c[nH]c(=O)c(C(F)(F)F)c1)N1CCN(c2ncc(C(F)(F)F)cn2)CC1. The average Bonchev–Trinajstić information content (AvgIpc) is 3.34. The molecule has 1 atom stereocenters. The molecular formula is C23H26F6N6O3. The fourth-order valence-electron chi connectivity index (χ4n) is 4.52. The Morgan fingerprint density at radius 1 is 1.03 bits per heavy atom. The largest absolute Gasteiger partial charge is 0.421 e. The minimum Gasteiger partial charge on any atom is -0.379 e. The third-order valence-electron chi connectivity index (χ3n) is 6.55. The monoisotopic (exact) mass is 548 g/mol. The van der Waals surface area contributed by atoms with E-state index in [1.54, 1.807) is 14.7 Å². The highest BCUT2D eigenvalue weighted by molar-refractivity contribution is 5.76. The molecule has 0 bridgehead atoms. The summed E-state index contributed by atoms with van der Waals surface area (Å²) in [5.74, 6) is 0.0242. The molecule has 2 aromatic rings. The number of aromatic amines is 1. The van der Waals surface area contributed by atoms with Gasteiger partial charge in [0.2, 0.25) is 11.9 Å². The van der Waals surface area contributed by atoms with Crippen LogP contribution in [0.15, 0.2) is 29.5 Å². The molecule has 2 saturated heterocycles. The van der Waals surface area contributed by atoms with Crippen LogP contribution in [0.25, 0.3) is 0 Å². The summed E-state index contributed by atoms with van der Waals surface area (Å²) in [5.41, 5.74) is -3.12. The van der Waals surface area contributed by atoms with Gasteiger partial charge in [-0.2, -0.15) is 26.3 Å². The Hall–Kier alpha value is -3.36. The quantitative estimate of drug-likeness (QED) is 0.420. The van der Waals surface area contributed by atoms with E-state index in [1.807, 2.05) is 0 Å². The van der Waals surface area contributed by atoms with Crippen molar-refractivity contribution < 1.29 is 35.9 Å². The van der Waals surface area contributed by atoms with Crippen molar-refractivity contribution in [3.05, 3.63) is 46.1 Å². The fraction of sp³-hybridized carbons (Fsp3) is 0.565. The van der Waals surface area contributed by atoms with Crippen LogP contribution in [0.5, 0.6) is 0 Å². The number of nitrogens with one attached hydrogen (secondary N) is 1. The van der Waals surface area contributed by atoms with E-state index < -0.39 is 29.0 Å². The van der Waals surface area contributed by atoms with E-state index in [9.17, 15) is 35.9 Å². The molecular weight excluding hydrogens is 522 g/mol. The molecule has 9 nitrogen and oxygen atoms in total. The Kier molecular flexibility index (Phi) is 8.13. The van der Waals surface area contributed by atoms with Crippen molar-refractivity contribution >= 4 is 17.5 Å². The van der Waals surface area contributed by atoms with Crippen molar-refractivity contribution in [3.8, 4) is 0 Å². The molecule has 0 unspecified atom stereocenters. The molecule has 1 amide bonds. The molecule has 2 fully saturated rings. The van der Waals surface area contributed by atoms with Crippen molar-refractivity contribution in [2.75, 3.05) is 55.7 Å². The predicted octanol–water partition coefficient (Wildman–Crippen LogP) is 2.93. The van der Waals surface area contributed by atoms with Crippen LogP contribution in [0.3, 0.4) is 0 Å². The summed E-state index contributed by atoms with van der Waals surface area (Å²) in [6, 6.07) is 0.653. The number of amides is 1. The second kappa shape index (κ2) is 11.2. The highest BCUT2D eigenvalue weighted by atomic mass is 19.4. The van der Waals surface area contributed by atoms with Gasteiger partial charge in [-0.15, -0.1) is 0 Å². The number of carbonyl (C=O) groups excluding carboxylic acids is 1. The topological polar surface area (TPSA) is 94.7 Å². The molecule has 208 valence electrons. The maximum absolute atomic E-state index is 13.1. The normalized spacial score (nSPS) is 18.8. The number of alkyl halides is 6. The summed E-state index contributed by atoms with van der Waals surface area (Å²) in [6.07, 6.45) is -4.99. The number of nitrogens with zero attached hydrogens (tertiary/aromatic N) is 5. The molecule has 0 aliphatic carbocycles. The molecule has 0 spiro atoms. The molecule has 4 rings (SSSR count). The van der Waals surface area contributed by atoms with Crippen molar-refractivity contribution in [1.29, 1.82) is 0 Å². The molecule has 2 aliphatic rings. The molecule has 1 N–H and O–H groups in total. The van der Waals surface area contributed by atoms with Gasteiger partial charge in [0.1, 0.15) is 5.56 Å². The van der Waals surface area contributed by atoms with Gasteiger partial charge in [0, 0.05) is 51.3 Å². The Bertz CT molecular complexity index is 1160. The summed E-state index contributed by atoms with van der Waals surface area (Å²) in [4.78, 5) is 38.9. The number of H-pyrrole nitrogens is 1. The lowest BCUT2D eigenvalue weighted by Crippen LogP contribution is -2.49. The van der Waals surface area contributed by atoms with Gasteiger partial charge in [0.05, 0.1) is 36.9 Å². The van der Waals surface area contributed by atoms with E-state index in [1.165, 1.54) is 6.20 Å². The van der Waals surface area contributed by atoms with Crippen LogP contribution < -0.4 is 15.4 Å². The van der Waals surface area contributed by atoms with Crippen LogP contribution in [0.4, 0.5) is 38.0 Å². The first-order valence-corrected chi connectivity index (χ1v) is 12.0. The fourth-order valence-corrected chi connectivity index (χ4v) is 4.52. The van der Waals surface area contributed by atoms with Gasteiger partial charge < -0.3 is 24.4 Å². The lowest BCUT2D eigenvalue weighted by atomic mass is 10.2. The summed E-state index contributed by atoms with van der Waals surface area (Å²) in [5, 5.41) is 0. The molecule has 0 aromatic carbocycles. The predicted molar refractivity (Wildman–Crippen MR) is 124 cm³/mol. The van der Waals surface area contributed by atoms with Crippen molar-refractivity contribution in [2.45, 2.75) is 37.7 Å². The van der Waals surface area contributed by atoms with Crippen LogP contribution in [-0.4, -0.2) is 77.7 Å². The third-order valence-corrected chi connectivity index (χ3v) is 6.55. The molecule has 38 heavy (non-hydrogen) atoms. The first kappa shape index (κ1) is 27.7. The van der Waals surface area contributed by atoms with E-state index in [0.717, 1.165) is 24.9 Å². The van der Waals surface area contributed by atoms with Crippen molar-refractivity contribution in [2.24, 2.45) is 0 Å². The number of piperazine rings is 1. The van der Waals surface area contributed by atoms with Crippen molar-refractivity contribution in [3.63, 3.8) is 0 Å². The second-order valence-corrected chi connectivity index (χ2v) is 9.05. The lowest BCUT2D eigenvalue weighted by molar-refractivity contribution is -0.139. The van der Waals surface area contributed by atoms with Crippen LogP contribution in [0, 0.1) is 0 Å². The van der Waals surface area contributed by atoms with Crippen LogP contribution in [0.1, 0.15) is 30.4 Å². The molecule has 15 heteroatoms. The Labute approximate surface area is 213 Å². The summed E-state index contributed by atoms with van der Waals surface area (Å²) in [7, 11) is 0. The van der Waals surface area contributed by atoms with E-state index in [2.05, 4.69) is 15.0 Å².